The summed E-state index contributed by atoms with van der Waals surface area (Å²) >= 11 is 1.71. The molecule has 0 saturated carbocycles. The summed E-state index contributed by atoms with van der Waals surface area (Å²) in [4.78, 5) is 9.72. The van der Waals surface area contributed by atoms with Gasteiger partial charge >= 0.3 is 0 Å². The second-order valence-corrected chi connectivity index (χ2v) is 4.27. The Kier molecular flexibility index (Phi) is 3.42. The van der Waals surface area contributed by atoms with E-state index in [2.05, 4.69) is 22.2 Å². The maximum Gasteiger partial charge on any atom is 0.125 e. The number of aromatic nitrogens is 2. The van der Waals surface area contributed by atoms with E-state index in [9.17, 15) is 0 Å². The van der Waals surface area contributed by atoms with Crippen molar-refractivity contribution < 1.29 is 0 Å². The molecule has 2 rings (SSSR count). The largest absolute Gasteiger partial charge is 0.312 e. The first-order valence-electron chi connectivity index (χ1n) is 4.96. The van der Waals surface area contributed by atoms with Gasteiger partial charge in [0.2, 0.25) is 0 Å². The lowest BCUT2D eigenvalue weighted by Gasteiger charge is -1.95. The van der Waals surface area contributed by atoms with E-state index in [1.807, 2.05) is 24.5 Å². The van der Waals surface area contributed by atoms with Crippen molar-refractivity contribution in [2.75, 3.05) is 6.54 Å². The predicted octanol–water partition coefficient (Wildman–Crippen LogP) is 2.31. The molecule has 2 heterocycles. The SMILES string of the molecule is CCNCc1cnc(-c2cccnc2)s1. The summed E-state index contributed by atoms with van der Waals surface area (Å²) in [7, 11) is 0. The van der Waals surface area contributed by atoms with Crippen molar-refractivity contribution in [3.05, 3.63) is 35.6 Å². The highest BCUT2D eigenvalue weighted by Crippen LogP contribution is 2.23. The fourth-order valence-electron chi connectivity index (χ4n) is 1.26. The minimum atomic E-state index is 0.897. The second-order valence-electron chi connectivity index (χ2n) is 3.15. The summed E-state index contributed by atoms with van der Waals surface area (Å²) in [6.07, 6.45) is 5.54. The number of nitrogens with zero attached hydrogens (tertiary/aromatic N) is 2. The molecule has 0 amide bonds. The van der Waals surface area contributed by atoms with Crippen LogP contribution in [0.4, 0.5) is 0 Å². The van der Waals surface area contributed by atoms with E-state index in [0.717, 1.165) is 23.7 Å². The van der Waals surface area contributed by atoms with Crippen LogP contribution in [0.15, 0.2) is 30.7 Å². The molecule has 0 saturated heterocycles. The van der Waals surface area contributed by atoms with Gasteiger partial charge in [-0.2, -0.15) is 0 Å². The van der Waals surface area contributed by atoms with Gasteiger partial charge in [-0.15, -0.1) is 11.3 Å². The minimum absolute atomic E-state index is 0.897. The summed E-state index contributed by atoms with van der Waals surface area (Å²) in [5.41, 5.74) is 1.09. The maximum absolute atomic E-state index is 4.38. The topological polar surface area (TPSA) is 37.8 Å². The van der Waals surface area contributed by atoms with E-state index in [1.54, 1.807) is 17.5 Å². The van der Waals surface area contributed by atoms with Crippen molar-refractivity contribution in [2.45, 2.75) is 13.5 Å². The Morgan fingerprint density at radius 2 is 2.33 bits per heavy atom. The van der Waals surface area contributed by atoms with Gasteiger partial charge in [-0.1, -0.05) is 6.92 Å². The molecule has 0 bridgehead atoms. The van der Waals surface area contributed by atoms with Crippen LogP contribution in [0, 0.1) is 0 Å². The van der Waals surface area contributed by atoms with Crippen LogP contribution in [0.3, 0.4) is 0 Å². The Balaban J connectivity index is 2.14. The van der Waals surface area contributed by atoms with Crippen LogP contribution in [0.2, 0.25) is 0 Å². The van der Waals surface area contributed by atoms with Gasteiger partial charge in [0.25, 0.3) is 0 Å². The van der Waals surface area contributed by atoms with Gasteiger partial charge in [-0.05, 0) is 18.7 Å². The van der Waals surface area contributed by atoms with E-state index in [4.69, 9.17) is 0 Å². The first kappa shape index (κ1) is 10.3. The predicted molar refractivity (Wildman–Crippen MR) is 62.7 cm³/mol. The molecule has 3 nitrogen and oxygen atoms in total. The minimum Gasteiger partial charge on any atom is -0.312 e. The molecule has 78 valence electrons. The van der Waals surface area contributed by atoms with Crippen molar-refractivity contribution in [3.8, 4) is 10.6 Å². The second kappa shape index (κ2) is 5.00. The average Bonchev–Trinajstić information content (AvgIpc) is 2.76. The lowest BCUT2D eigenvalue weighted by Crippen LogP contribution is -2.10. The number of rotatable bonds is 4. The highest BCUT2D eigenvalue weighted by atomic mass is 32.1. The smallest absolute Gasteiger partial charge is 0.125 e. The van der Waals surface area contributed by atoms with Crippen molar-refractivity contribution in [2.24, 2.45) is 0 Å². The zero-order chi connectivity index (χ0) is 10.5. The van der Waals surface area contributed by atoms with E-state index in [0.29, 0.717) is 0 Å². The van der Waals surface area contributed by atoms with E-state index >= 15 is 0 Å². The number of hydrogen-bond acceptors (Lipinski definition) is 4. The lowest BCUT2D eigenvalue weighted by molar-refractivity contribution is 0.734. The molecule has 1 N–H and O–H groups in total. The maximum atomic E-state index is 4.38. The van der Waals surface area contributed by atoms with Gasteiger partial charge < -0.3 is 5.32 Å². The molecule has 0 radical (unpaired) electrons. The van der Waals surface area contributed by atoms with Gasteiger partial charge in [-0.3, -0.25) is 4.98 Å². The fraction of sp³-hybridized carbons (Fsp3) is 0.273. The van der Waals surface area contributed by atoms with Gasteiger partial charge in [0.15, 0.2) is 0 Å². The highest BCUT2D eigenvalue weighted by Gasteiger charge is 2.03. The van der Waals surface area contributed by atoms with Crippen LogP contribution in [-0.4, -0.2) is 16.5 Å². The third-order valence-corrected chi connectivity index (χ3v) is 3.06. The number of hydrogen-bond donors (Lipinski definition) is 1. The van der Waals surface area contributed by atoms with Crippen molar-refractivity contribution >= 4 is 11.3 Å². The molecule has 0 unspecified atom stereocenters. The summed E-state index contributed by atoms with van der Waals surface area (Å²) in [5.74, 6) is 0. The van der Waals surface area contributed by atoms with E-state index in [-0.39, 0.29) is 0 Å². The summed E-state index contributed by atoms with van der Waals surface area (Å²) in [6, 6.07) is 3.96. The Labute approximate surface area is 93.2 Å². The van der Waals surface area contributed by atoms with Crippen molar-refractivity contribution in [3.63, 3.8) is 0 Å². The Bertz CT molecular complexity index is 411. The number of pyridine rings is 1. The molecule has 0 aliphatic carbocycles. The molecule has 15 heavy (non-hydrogen) atoms. The van der Waals surface area contributed by atoms with Gasteiger partial charge in [-0.25, -0.2) is 4.98 Å². The normalized spacial score (nSPS) is 10.5. The quantitative estimate of drug-likeness (QED) is 0.857. The molecule has 0 aliphatic rings. The average molecular weight is 219 g/mol. The van der Waals surface area contributed by atoms with Gasteiger partial charge in [0.05, 0.1) is 0 Å². The highest BCUT2D eigenvalue weighted by molar-refractivity contribution is 7.15. The van der Waals surface area contributed by atoms with Gasteiger partial charge in [0, 0.05) is 35.6 Å². The molecule has 2 aromatic rings. The molecular formula is C11H13N3S. The summed E-state index contributed by atoms with van der Waals surface area (Å²) < 4.78 is 0. The van der Waals surface area contributed by atoms with E-state index in [1.165, 1.54) is 4.88 Å². The molecule has 4 heteroatoms. The molecule has 2 aromatic heterocycles. The Morgan fingerprint density at radius 1 is 1.40 bits per heavy atom. The van der Waals surface area contributed by atoms with Crippen molar-refractivity contribution in [1.82, 2.24) is 15.3 Å². The van der Waals surface area contributed by atoms with E-state index < -0.39 is 0 Å². The molecular weight excluding hydrogens is 206 g/mol. The van der Waals surface area contributed by atoms with Crippen LogP contribution in [0.25, 0.3) is 10.6 Å². The van der Waals surface area contributed by atoms with Crippen LogP contribution in [0.1, 0.15) is 11.8 Å². The van der Waals surface area contributed by atoms with Crippen molar-refractivity contribution in [1.29, 1.82) is 0 Å². The zero-order valence-corrected chi connectivity index (χ0v) is 9.42. The fourth-order valence-corrected chi connectivity index (χ4v) is 2.13. The third-order valence-electron chi connectivity index (χ3n) is 2.01. The van der Waals surface area contributed by atoms with Crippen LogP contribution < -0.4 is 5.32 Å². The van der Waals surface area contributed by atoms with Crippen LogP contribution >= 0.6 is 11.3 Å². The van der Waals surface area contributed by atoms with Crippen LogP contribution in [-0.2, 0) is 6.54 Å². The van der Waals surface area contributed by atoms with Crippen LogP contribution in [0.5, 0.6) is 0 Å². The standard InChI is InChI=1S/C11H13N3S/c1-2-12-7-10-8-14-11(15-10)9-4-3-5-13-6-9/h3-6,8,12H,2,7H2,1H3. The summed E-state index contributed by atoms with van der Waals surface area (Å²) in [6.45, 7) is 3.98. The first-order valence-corrected chi connectivity index (χ1v) is 5.77. The summed E-state index contributed by atoms with van der Waals surface area (Å²) in [5, 5.41) is 4.32. The Morgan fingerprint density at radius 3 is 3.07 bits per heavy atom. The Hall–Kier alpha value is -1.26. The van der Waals surface area contributed by atoms with Gasteiger partial charge in [0.1, 0.15) is 5.01 Å². The number of thiazole rings is 1. The molecule has 0 aromatic carbocycles. The zero-order valence-electron chi connectivity index (χ0n) is 8.60. The molecule has 0 spiro atoms. The number of nitrogens with one attached hydrogen (secondary N) is 1. The molecule has 0 atom stereocenters. The first-order chi connectivity index (χ1) is 7.40. The molecule has 0 aliphatic heterocycles. The lowest BCUT2D eigenvalue weighted by atomic mass is 10.3. The molecule has 0 fully saturated rings. The monoisotopic (exact) mass is 219 g/mol. The third kappa shape index (κ3) is 2.61.